The SMILES string of the molecule is C=C(C)C(=O)OCCCCCCCOP(=O)(O)O. The van der Waals surface area contributed by atoms with E-state index in [4.69, 9.17) is 14.5 Å². The van der Waals surface area contributed by atoms with E-state index in [0.717, 1.165) is 25.7 Å². The second-order valence-corrected chi connectivity index (χ2v) is 5.25. The van der Waals surface area contributed by atoms with Gasteiger partial charge in [-0.2, -0.15) is 0 Å². The molecule has 0 fully saturated rings. The number of unbranched alkanes of at least 4 members (excludes halogenated alkanes) is 4. The molecule has 0 heterocycles. The van der Waals surface area contributed by atoms with E-state index in [0.29, 0.717) is 18.6 Å². The van der Waals surface area contributed by atoms with Crippen LogP contribution in [-0.4, -0.2) is 29.0 Å². The summed E-state index contributed by atoms with van der Waals surface area (Å²) in [7, 11) is -4.32. The lowest BCUT2D eigenvalue weighted by atomic mass is 10.1. The molecule has 0 spiro atoms. The molecule has 0 saturated heterocycles. The zero-order chi connectivity index (χ0) is 14.0. The van der Waals surface area contributed by atoms with Crippen molar-refractivity contribution >= 4 is 13.8 Å². The summed E-state index contributed by atoms with van der Waals surface area (Å²) >= 11 is 0. The molecule has 0 aliphatic heterocycles. The molecular formula is C11H21O6P. The Morgan fingerprint density at radius 3 is 2.11 bits per heavy atom. The second kappa shape index (κ2) is 9.28. The number of rotatable bonds is 10. The summed E-state index contributed by atoms with van der Waals surface area (Å²) < 4.78 is 19.6. The van der Waals surface area contributed by atoms with E-state index in [-0.39, 0.29) is 12.6 Å². The fraction of sp³-hybridized carbons (Fsp3) is 0.727. The second-order valence-electron chi connectivity index (χ2n) is 4.01. The Morgan fingerprint density at radius 1 is 1.11 bits per heavy atom. The van der Waals surface area contributed by atoms with Crippen LogP contribution in [0.1, 0.15) is 39.0 Å². The highest BCUT2D eigenvalue weighted by Gasteiger charge is 2.12. The summed E-state index contributed by atoms with van der Waals surface area (Å²) in [5, 5.41) is 0. The molecule has 0 aliphatic carbocycles. The maximum atomic E-state index is 11.0. The van der Waals surface area contributed by atoms with Crippen molar-refractivity contribution in [3.8, 4) is 0 Å². The first-order valence-corrected chi connectivity index (χ1v) is 7.38. The van der Waals surface area contributed by atoms with Crippen LogP contribution < -0.4 is 0 Å². The van der Waals surface area contributed by atoms with Crippen LogP contribution in [0.15, 0.2) is 12.2 Å². The summed E-state index contributed by atoms with van der Waals surface area (Å²) in [4.78, 5) is 27.8. The van der Waals surface area contributed by atoms with Crippen LogP contribution in [-0.2, 0) is 18.6 Å². The maximum Gasteiger partial charge on any atom is 0.469 e. The quantitative estimate of drug-likeness (QED) is 0.276. The topological polar surface area (TPSA) is 93.1 Å². The molecule has 2 N–H and O–H groups in total. The highest BCUT2D eigenvalue weighted by atomic mass is 31.2. The Kier molecular flexibility index (Phi) is 8.93. The van der Waals surface area contributed by atoms with Crippen LogP contribution in [0.5, 0.6) is 0 Å². The molecule has 0 aromatic rings. The van der Waals surface area contributed by atoms with Crippen molar-refractivity contribution in [2.45, 2.75) is 39.0 Å². The molecular weight excluding hydrogens is 259 g/mol. The van der Waals surface area contributed by atoms with E-state index < -0.39 is 7.82 Å². The first-order chi connectivity index (χ1) is 8.33. The van der Waals surface area contributed by atoms with Gasteiger partial charge in [-0.05, 0) is 19.8 Å². The van der Waals surface area contributed by atoms with Gasteiger partial charge < -0.3 is 14.5 Å². The average molecular weight is 280 g/mol. The van der Waals surface area contributed by atoms with E-state index in [1.54, 1.807) is 6.92 Å². The highest BCUT2D eigenvalue weighted by Crippen LogP contribution is 2.35. The van der Waals surface area contributed by atoms with Gasteiger partial charge in [-0.25, -0.2) is 9.36 Å². The van der Waals surface area contributed by atoms with E-state index >= 15 is 0 Å². The number of phosphoric acid groups is 1. The molecule has 0 aromatic carbocycles. The minimum Gasteiger partial charge on any atom is -0.462 e. The fourth-order valence-electron chi connectivity index (χ4n) is 1.21. The van der Waals surface area contributed by atoms with Crippen LogP contribution in [0.4, 0.5) is 0 Å². The van der Waals surface area contributed by atoms with Crippen molar-refractivity contribution in [1.29, 1.82) is 0 Å². The summed E-state index contributed by atoms with van der Waals surface area (Å²) in [5.41, 5.74) is 0.393. The standard InChI is InChI=1S/C11H21O6P/c1-10(2)11(12)16-8-6-4-3-5-7-9-17-18(13,14)15/h1,3-9H2,2H3,(H2,13,14,15). The van der Waals surface area contributed by atoms with Crippen LogP contribution >= 0.6 is 7.82 Å². The number of esters is 1. The monoisotopic (exact) mass is 280 g/mol. The molecule has 106 valence electrons. The molecule has 0 radical (unpaired) electrons. The van der Waals surface area contributed by atoms with Crippen molar-refractivity contribution in [3.05, 3.63) is 12.2 Å². The van der Waals surface area contributed by atoms with Gasteiger partial charge in [0.2, 0.25) is 0 Å². The van der Waals surface area contributed by atoms with Crippen molar-refractivity contribution < 1.29 is 28.4 Å². The van der Waals surface area contributed by atoms with E-state index in [9.17, 15) is 9.36 Å². The van der Waals surface area contributed by atoms with Gasteiger partial charge in [-0.15, -0.1) is 0 Å². The largest absolute Gasteiger partial charge is 0.469 e. The third-order valence-corrected chi connectivity index (χ3v) is 2.65. The van der Waals surface area contributed by atoms with Gasteiger partial charge in [0.05, 0.1) is 13.2 Å². The third kappa shape index (κ3) is 11.8. The summed E-state index contributed by atoms with van der Waals surface area (Å²) in [6.07, 6.45) is 4.03. The van der Waals surface area contributed by atoms with Gasteiger partial charge in [-0.1, -0.05) is 25.8 Å². The predicted molar refractivity (Wildman–Crippen MR) is 66.9 cm³/mol. The van der Waals surface area contributed by atoms with Crippen molar-refractivity contribution in [2.75, 3.05) is 13.2 Å². The Bertz CT molecular complexity index is 309. The van der Waals surface area contributed by atoms with Gasteiger partial charge in [-0.3, -0.25) is 4.52 Å². The Balaban J connectivity index is 3.24. The molecule has 0 unspecified atom stereocenters. The van der Waals surface area contributed by atoms with Crippen molar-refractivity contribution in [3.63, 3.8) is 0 Å². The minimum absolute atomic E-state index is 0.0644. The van der Waals surface area contributed by atoms with Crippen LogP contribution in [0.25, 0.3) is 0 Å². The summed E-state index contributed by atoms with van der Waals surface area (Å²) in [6.45, 7) is 5.52. The molecule has 0 atom stereocenters. The molecule has 6 nitrogen and oxygen atoms in total. The number of carbonyl (C=O) groups is 1. The Hall–Kier alpha value is -0.680. The first kappa shape index (κ1) is 17.3. The molecule has 0 rings (SSSR count). The predicted octanol–water partition coefficient (Wildman–Crippen LogP) is 2.17. The third-order valence-electron chi connectivity index (χ3n) is 2.13. The van der Waals surface area contributed by atoms with E-state index in [1.165, 1.54) is 0 Å². The van der Waals surface area contributed by atoms with E-state index in [2.05, 4.69) is 11.1 Å². The zero-order valence-electron chi connectivity index (χ0n) is 10.6. The number of carbonyl (C=O) groups excluding carboxylic acids is 1. The zero-order valence-corrected chi connectivity index (χ0v) is 11.5. The summed E-state index contributed by atoms with van der Waals surface area (Å²) in [5.74, 6) is -0.370. The molecule has 0 aliphatic rings. The van der Waals surface area contributed by atoms with Gasteiger partial charge in [0.15, 0.2) is 0 Å². The van der Waals surface area contributed by atoms with Gasteiger partial charge in [0.1, 0.15) is 0 Å². The molecule has 0 amide bonds. The molecule has 18 heavy (non-hydrogen) atoms. The van der Waals surface area contributed by atoms with Crippen LogP contribution in [0.2, 0.25) is 0 Å². The molecule has 0 aromatic heterocycles. The number of ether oxygens (including phenoxy) is 1. The lowest BCUT2D eigenvalue weighted by molar-refractivity contribution is -0.139. The lowest BCUT2D eigenvalue weighted by Gasteiger charge is -2.05. The number of phosphoric ester groups is 1. The van der Waals surface area contributed by atoms with Gasteiger partial charge in [0.25, 0.3) is 0 Å². The van der Waals surface area contributed by atoms with Crippen LogP contribution in [0, 0.1) is 0 Å². The molecule has 0 saturated carbocycles. The van der Waals surface area contributed by atoms with Crippen LogP contribution in [0.3, 0.4) is 0 Å². The minimum atomic E-state index is -4.32. The van der Waals surface area contributed by atoms with Gasteiger partial charge >= 0.3 is 13.8 Å². The maximum absolute atomic E-state index is 11.0. The molecule has 7 heteroatoms. The molecule has 0 bridgehead atoms. The number of hydrogen-bond donors (Lipinski definition) is 2. The van der Waals surface area contributed by atoms with Crippen molar-refractivity contribution in [2.24, 2.45) is 0 Å². The summed E-state index contributed by atoms with van der Waals surface area (Å²) in [6, 6.07) is 0. The fourth-order valence-corrected chi connectivity index (χ4v) is 1.57. The normalized spacial score (nSPS) is 11.3. The first-order valence-electron chi connectivity index (χ1n) is 5.85. The van der Waals surface area contributed by atoms with Crippen molar-refractivity contribution in [1.82, 2.24) is 0 Å². The average Bonchev–Trinajstić information content (AvgIpc) is 2.24. The smallest absolute Gasteiger partial charge is 0.462 e. The Morgan fingerprint density at radius 2 is 1.61 bits per heavy atom. The van der Waals surface area contributed by atoms with Gasteiger partial charge in [0, 0.05) is 5.57 Å². The number of hydrogen-bond acceptors (Lipinski definition) is 4. The lowest BCUT2D eigenvalue weighted by Crippen LogP contribution is -2.06. The highest BCUT2D eigenvalue weighted by molar-refractivity contribution is 7.46. The Labute approximate surface area is 107 Å². The van der Waals surface area contributed by atoms with E-state index in [1.807, 2.05) is 0 Å².